The van der Waals surface area contributed by atoms with Gasteiger partial charge in [0.1, 0.15) is 5.82 Å². The number of piperazine rings is 1. The van der Waals surface area contributed by atoms with E-state index in [1.807, 2.05) is 0 Å². The van der Waals surface area contributed by atoms with Gasteiger partial charge < -0.3 is 4.90 Å². The number of halogens is 1. The molecule has 1 aromatic rings. The number of nitriles is 1. The first-order valence-electron chi connectivity index (χ1n) is 7.21. The SMILES string of the molecule is CC(C)CN1CCN(Cc2cc(C#N)ccc2F)CC1. The summed E-state index contributed by atoms with van der Waals surface area (Å²) in [6.07, 6.45) is 0. The fraction of sp³-hybridized carbons (Fsp3) is 0.562. The summed E-state index contributed by atoms with van der Waals surface area (Å²) in [7, 11) is 0. The van der Waals surface area contributed by atoms with Gasteiger partial charge in [-0.2, -0.15) is 5.26 Å². The highest BCUT2D eigenvalue weighted by molar-refractivity contribution is 5.33. The highest BCUT2D eigenvalue weighted by Gasteiger charge is 2.18. The molecule has 20 heavy (non-hydrogen) atoms. The smallest absolute Gasteiger partial charge is 0.127 e. The van der Waals surface area contributed by atoms with E-state index in [-0.39, 0.29) is 5.82 Å². The van der Waals surface area contributed by atoms with Gasteiger partial charge in [-0.15, -0.1) is 0 Å². The summed E-state index contributed by atoms with van der Waals surface area (Å²) in [5, 5.41) is 8.88. The summed E-state index contributed by atoms with van der Waals surface area (Å²) in [5.74, 6) is 0.472. The Morgan fingerprint density at radius 1 is 1.20 bits per heavy atom. The monoisotopic (exact) mass is 275 g/mol. The molecule has 0 spiro atoms. The highest BCUT2D eigenvalue weighted by atomic mass is 19.1. The number of benzene rings is 1. The van der Waals surface area contributed by atoms with Crippen LogP contribution in [0.3, 0.4) is 0 Å². The number of rotatable bonds is 4. The second-order valence-electron chi connectivity index (χ2n) is 5.89. The molecule has 0 amide bonds. The molecule has 0 saturated carbocycles. The zero-order chi connectivity index (χ0) is 14.5. The van der Waals surface area contributed by atoms with E-state index in [1.165, 1.54) is 12.1 Å². The van der Waals surface area contributed by atoms with Gasteiger partial charge in [0.15, 0.2) is 0 Å². The van der Waals surface area contributed by atoms with Gasteiger partial charge in [0.05, 0.1) is 11.6 Å². The maximum atomic E-state index is 13.8. The van der Waals surface area contributed by atoms with E-state index in [1.54, 1.807) is 6.07 Å². The van der Waals surface area contributed by atoms with Gasteiger partial charge in [-0.25, -0.2) is 4.39 Å². The van der Waals surface area contributed by atoms with Gasteiger partial charge in [-0.05, 0) is 24.1 Å². The zero-order valence-electron chi connectivity index (χ0n) is 12.3. The maximum absolute atomic E-state index is 13.8. The topological polar surface area (TPSA) is 30.3 Å². The minimum Gasteiger partial charge on any atom is -0.301 e. The Morgan fingerprint density at radius 2 is 1.85 bits per heavy atom. The van der Waals surface area contributed by atoms with Gasteiger partial charge in [0.25, 0.3) is 0 Å². The highest BCUT2D eigenvalue weighted by Crippen LogP contribution is 2.14. The fourth-order valence-corrected chi connectivity index (χ4v) is 2.65. The molecule has 0 radical (unpaired) electrons. The molecule has 0 aliphatic carbocycles. The van der Waals surface area contributed by atoms with Crippen LogP contribution in [0, 0.1) is 23.1 Å². The van der Waals surface area contributed by atoms with Crippen LogP contribution in [0.1, 0.15) is 25.0 Å². The van der Waals surface area contributed by atoms with Crippen molar-refractivity contribution < 1.29 is 4.39 Å². The fourth-order valence-electron chi connectivity index (χ4n) is 2.65. The average molecular weight is 275 g/mol. The van der Waals surface area contributed by atoms with Crippen molar-refractivity contribution in [3.05, 3.63) is 35.1 Å². The van der Waals surface area contributed by atoms with Crippen LogP contribution in [0.5, 0.6) is 0 Å². The number of hydrogen-bond donors (Lipinski definition) is 0. The molecule has 1 aliphatic heterocycles. The largest absolute Gasteiger partial charge is 0.301 e. The third-order valence-corrected chi connectivity index (χ3v) is 3.66. The van der Waals surface area contributed by atoms with Crippen molar-refractivity contribution in [2.24, 2.45) is 5.92 Å². The van der Waals surface area contributed by atoms with E-state index in [9.17, 15) is 4.39 Å². The standard InChI is InChI=1S/C16H22FN3/c1-13(2)11-19-5-7-20(8-6-19)12-15-9-14(10-18)3-4-16(15)17/h3-4,9,13H,5-8,11-12H2,1-2H3. The van der Waals surface area contributed by atoms with Crippen LogP contribution >= 0.6 is 0 Å². The molecule has 1 fully saturated rings. The van der Waals surface area contributed by atoms with E-state index in [4.69, 9.17) is 5.26 Å². The van der Waals surface area contributed by atoms with E-state index in [0.29, 0.717) is 23.6 Å². The van der Waals surface area contributed by atoms with Crippen LogP contribution in [0.25, 0.3) is 0 Å². The predicted molar refractivity (Wildman–Crippen MR) is 77.7 cm³/mol. The Labute approximate surface area is 120 Å². The lowest BCUT2D eigenvalue weighted by Crippen LogP contribution is -2.46. The molecule has 1 heterocycles. The first kappa shape index (κ1) is 15.0. The van der Waals surface area contributed by atoms with E-state index in [2.05, 4.69) is 29.7 Å². The summed E-state index contributed by atoms with van der Waals surface area (Å²) in [4.78, 5) is 4.72. The van der Waals surface area contributed by atoms with Crippen molar-refractivity contribution in [1.29, 1.82) is 5.26 Å². The molecule has 2 rings (SSSR count). The van der Waals surface area contributed by atoms with Crippen LogP contribution in [0.4, 0.5) is 4.39 Å². The second kappa shape index (κ2) is 6.83. The minimum absolute atomic E-state index is 0.214. The lowest BCUT2D eigenvalue weighted by atomic mass is 10.1. The summed E-state index contributed by atoms with van der Waals surface area (Å²) < 4.78 is 13.8. The van der Waals surface area contributed by atoms with Crippen LogP contribution in [0.15, 0.2) is 18.2 Å². The van der Waals surface area contributed by atoms with Crippen molar-refractivity contribution in [3.63, 3.8) is 0 Å². The van der Waals surface area contributed by atoms with Gasteiger partial charge >= 0.3 is 0 Å². The Bertz CT molecular complexity index is 485. The van der Waals surface area contributed by atoms with Crippen LogP contribution < -0.4 is 0 Å². The number of nitrogens with zero attached hydrogens (tertiary/aromatic N) is 3. The Balaban J connectivity index is 1.91. The molecule has 0 aromatic heterocycles. The lowest BCUT2D eigenvalue weighted by Gasteiger charge is -2.35. The van der Waals surface area contributed by atoms with Crippen LogP contribution in [-0.2, 0) is 6.54 Å². The van der Waals surface area contributed by atoms with Crippen molar-refractivity contribution >= 4 is 0 Å². The molecule has 0 atom stereocenters. The molecule has 0 N–H and O–H groups in total. The third kappa shape index (κ3) is 4.03. The molecule has 0 unspecified atom stereocenters. The molecule has 3 nitrogen and oxygen atoms in total. The van der Waals surface area contributed by atoms with Gasteiger partial charge in [0, 0.05) is 44.8 Å². The Morgan fingerprint density at radius 3 is 2.45 bits per heavy atom. The molecular formula is C16H22FN3. The lowest BCUT2D eigenvalue weighted by molar-refractivity contribution is 0.116. The number of hydrogen-bond acceptors (Lipinski definition) is 3. The molecule has 108 valence electrons. The first-order valence-corrected chi connectivity index (χ1v) is 7.21. The maximum Gasteiger partial charge on any atom is 0.127 e. The Hall–Kier alpha value is -1.44. The van der Waals surface area contributed by atoms with Crippen molar-refractivity contribution in [2.75, 3.05) is 32.7 Å². The molecule has 0 bridgehead atoms. The summed E-state index contributed by atoms with van der Waals surface area (Å²) >= 11 is 0. The van der Waals surface area contributed by atoms with Crippen molar-refractivity contribution in [2.45, 2.75) is 20.4 Å². The van der Waals surface area contributed by atoms with Gasteiger partial charge in [-0.3, -0.25) is 4.90 Å². The van der Waals surface area contributed by atoms with Crippen molar-refractivity contribution in [3.8, 4) is 6.07 Å². The second-order valence-corrected chi connectivity index (χ2v) is 5.89. The molecule has 1 aromatic carbocycles. The predicted octanol–water partition coefficient (Wildman–Crippen LogP) is 2.47. The minimum atomic E-state index is -0.214. The Kier molecular flexibility index (Phi) is 5.11. The molecular weight excluding hydrogens is 253 g/mol. The van der Waals surface area contributed by atoms with E-state index < -0.39 is 0 Å². The molecule has 4 heteroatoms. The van der Waals surface area contributed by atoms with Gasteiger partial charge in [0.2, 0.25) is 0 Å². The third-order valence-electron chi connectivity index (χ3n) is 3.66. The van der Waals surface area contributed by atoms with Crippen LogP contribution in [0.2, 0.25) is 0 Å². The molecule has 1 saturated heterocycles. The average Bonchev–Trinajstić information content (AvgIpc) is 2.43. The summed E-state index contributed by atoms with van der Waals surface area (Å²) in [6, 6.07) is 6.65. The summed E-state index contributed by atoms with van der Waals surface area (Å²) in [6.45, 7) is 10.2. The quantitative estimate of drug-likeness (QED) is 0.845. The van der Waals surface area contributed by atoms with Gasteiger partial charge in [-0.1, -0.05) is 13.8 Å². The van der Waals surface area contributed by atoms with E-state index in [0.717, 1.165) is 32.7 Å². The summed E-state index contributed by atoms with van der Waals surface area (Å²) in [5.41, 5.74) is 1.15. The van der Waals surface area contributed by atoms with E-state index >= 15 is 0 Å². The van der Waals surface area contributed by atoms with Crippen molar-refractivity contribution in [1.82, 2.24) is 9.80 Å². The zero-order valence-corrected chi connectivity index (χ0v) is 12.3. The molecule has 1 aliphatic rings. The first-order chi connectivity index (χ1) is 9.58. The normalized spacial score (nSPS) is 17.4. The van der Waals surface area contributed by atoms with Crippen LogP contribution in [-0.4, -0.2) is 42.5 Å².